The van der Waals surface area contributed by atoms with Crippen molar-refractivity contribution in [3.8, 4) is 0 Å². The van der Waals surface area contributed by atoms with Crippen LogP contribution in [0.25, 0.3) is 0 Å². The third-order valence-electron chi connectivity index (χ3n) is 5.55. The first-order valence-electron chi connectivity index (χ1n) is 10.6. The highest BCUT2D eigenvalue weighted by Crippen LogP contribution is 2.31. The van der Waals surface area contributed by atoms with Crippen LogP contribution in [-0.2, 0) is 11.2 Å². The number of halogens is 1. The highest BCUT2D eigenvalue weighted by molar-refractivity contribution is 5.87. The summed E-state index contributed by atoms with van der Waals surface area (Å²) < 4.78 is 13.5. The minimum Gasteiger partial charge on any atom is -0.369 e. The van der Waals surface area contributed by atoms with Gasteiger partial charge in [0.05, 0.1) is 5.92 Å². The van der Waals surface area contributed by atoms with Crippen molar-refractivity contribution in [2.75, 3.05) is 29.9 Å². The molecule has 0 bridgehead atoms. The van der Waals surface area contributed by atoms with E-state index in [4.69, 9.17) is 10.7 Å². The summed E-state index contributed by atoms with van der Waals surface area (Å²) in [4.78, 5) is 23.6. The molecule has 1 aliphatic heterocycles. The summed E-state index contributed by atoms with van der Waals surface area (Å²) in [5.74, 6) is 0.123. The average Bonchev–Trinajstić information content (AvgIpc) is 3.30. The number of rotatable bonds is 8. The van der Waals surface area contributed by atoms with Gasteiger partial charge in [-0.05, 0) is 54.7 Å². The van der Waals surface area contributed by atoms with Gasteiger partial charge in [0.15, 0.2) is 0 Å². The Hall–Kier alpha value is -3.48. The summed E-state index contributed by atoms with van der Waals surface area (Å²) >= 11 is 0. The van der Waals surface area contributed by atoms with E-state index in [0.717, 1.165) is 42.9 Å². The van der Waals surface area contributed by atoms with Gasteiger partial charge in [-0.3, -0.25) is 9.78 Å². The molecule has 6 nitrogen and oxygen atoms in total. The van der Waals surface area contributed by atoms with E-state index in [1.54, 1.807) is 24.5 Å². The molecule has 31 heavy (non-hydrogen) atoms. The van der Waals surface area contributed by atoms with E-state index in [-0.39, 0.29) is 5.82 Å². The molecule has 3 N–H and O–H groups in total. The van der Waals surface area contributed by atoms with Gasteiger partial charge >= 0.3 is 0 Å². The average molecular weight is 420 g/mol. The number of primary amides is 1. The third-order valence-corrected chi connectivity index (χ3v) is 5.55. The van der Waals surface area contributed by atoms with Gasteiger partial charge in [-0.1, -0.05) is 24.3 Å². The molecule has 2 aromatic heterocycles. The summed E-state index contributed by atoms with van der Waals surface area (Å²) in [5, 5.41) is 3.36. The van der Waals surface area contributed by atoms with E-state index >= 15 is 0 Å². The van der Waals surface area contributed by atoms with Crippen molar-refractivity contribution in [1.29, 1.82) is 0 Å². The quantitative estimate of drug-likeness (QED) is 0.584. The molecule has 7 heteroatoms. The molecule has 1 fully saturated rings. The van der Waals surface area contributed by atoms with Gasteiger partial charge in [-0.25, -0.2) is 9.37 Å². The molecule has 1 aromatic carbocycles. The zero-order valence-corrected chi connectivity index (χ0v) is 17.3. The highest BCUT2D eigenvalue weighted by Gasteiger charge is 2.25. The monoisotopic (exact) mass is 419 g/mol. The van der Waals surface area contributed by atoms with E-state index in [0.29, 0.717) is 24.3 Å². The number of hydrogen-bond donors (Lipinski definition) is 2. The molecule has 1 aliphatic rings. The van der Waals surface area contributed by atoms with Gasteiger partial charge in [0.25, 0.3) is 0 Å². The second-order valence-electron chi connectivity index (χ2n) is 7.73. The predicted octanol–water partition coefficient (Wildman–Crippen LogP) is 3.49. The van der Waals surface area contributed by atoms with E-state index < -0.39 is 11.8 Å². The van der Waals surface area contributed by atoms with Gasteiger partial charge in [0.1, 0.15) is 17.5 Å². The van der Waals surface area contributed by atoms with Crippen molar-refractivity contribution < 1.29 is 9.18 Å². The van der Waals surface area contributed by atoms with Gasteiger partial charge < -0.3 is 16.0 Å². The Morgan fingerprint density at radius 1 is 1.16 bits per heavy atom. The Labute approximate surface area is 181 Å². The van der Waals surface area contributed by atoms with Crippen molar-refractivity contribution in [1.82, 2.24) is 9.97 Å². The van der Waals surface area contributed by atoms with Crippen LogP contribution in [0.3, 0.4) is 0 Å². The normalized spacial score (nSPS) is 14.4. The number of nitrogens with two attached hydrogens (primary N) is 1. The van der Waals surface area contributed by atoms with Crippen LogP contribution in [0.2, 0.25) is 0 Å². The van der Waals surface area contributed by atoms with Crippen LogP contribution in [0.5, 0.6) is 0 Å². The summed E-state index contributed by atoms with van der Waals surface area (Å²) in [5.41, 5.74) is 8.12. The lowest BCUT2D eigenvalue weighted by molar-refractivity contribution is -0.118. The van der Waals surface area contributed by atoms with Gasteiger partial charge in [-0.15, -0.1) is 0 Å². The summed E-state index contributed by atoms with van der Waals surface area (Å²) in [6, 6.07) is 14.1. The minimum atomic E-state index is -0.662. The van der Waals surface area contributed by atoms with Crippen LogP contribution in [0.15, 0.2) is 60.9 Å². The molecule has 1 unspecified atom stereocenters. The van der Waals surface area contributed by atoms with Crippen LogP contribution < -0.4 is 16.0 Å². The molecule has 0 spiro atoms. The summed E-state index contributed by atoms with van der Waals surface area (Å²) in [6.45, 7) is 2.49. The lowest BCUT2D eigenvalue weighted by atomic mass is 9.92. The van der Waals surface area contributed by atoms with E-state index in [1.165, 1.54) is 12.1 Å². The molecule has 0 radical (unpaired) electrons. The zero-order valence-electron chi connectivity index (χ0n) is 17.3. The molecular weight excluding hydrogens is 393 g/mol. The van der Waals surface area contributed by atoms with Crippen LogP contribution in [0.4, 0.5) is 16.0 Å². The minimum absolute atomic E-state index is 0.252. The molecule has 4 rings (SSSR count). The van der Waals surface area contributed by atoms with Crippen molar-refractivity contribution in [2.45, 2.75) is 25.2 Å². The van der Waals surface area contributed by atoms with Crippen LogP contribution in [-0.4, -0.2) is 35.5 Å². The second-order valence-corrected chi connectivity index (χ2v) is 7.73. The molecule has 3 aromatic rings. The lowest BCUT2D eigenvalue weighted by Crippen LogP contribution is -2.25. The molecule has 160 valence electrons. The van der Waals surface area contributed by atoms with Crippen molar-refractivity contribution in [2.24, 2.45) is 5.73 Å². The first-order chi connectivity index (χ1) is 15.1. The van der Waals surface area contributed by atoms with Crippen molar-refractivity contribution in [3.63, 3.8) is 0 Å². The largest absolute Gasteiger partial charge is 0.369 e. The molecule has 1 amide bonds. The van der Waals surface area contributed by atoms with Crippen LogP contribution in [0, 0.1) is 5.82 Å². The number of pyridine rings is 2. The highest BCUT2D eigenvalue weighted by atomic mass is 19.1. The Balaban J connectivity index is 1.63. The smallest absolute Gasteiger partial charge is 0.229 e. The van der Waals surface area contributed by atoms with Crippen LogP contribution >= 0.6 is 0 Å². The number of benzene rings is 1. The number of amides is 1. The lowest BCUT2D eigenvalue weighted by Gasteiger charge is -2.22. The zero-order chi connectivity index (χ0) is 21.6. The van der Waals surface area contributed by atoms with Crippen molar-refractivity contribution >= 4 is 17.5 Å². The Morgan fingerprint density at radius 3 is 2.71 bits per heavy atom. The topological polar surface area (TPSA) is 84.1 Å². The first kappa shape index (κ1) is 20.8. The molecule has 1 saturated heterocycles. The number of carbonyl (C=O) groups is 1. The van der Waals surface area contributed by atoms with E-state index in [1.807, 2.05) is 24.3 Å². The number of carbonyl (C=O) groups excluding carboxylic acids is 1. The van der Waals surface area contributed by atoms with Gasteiger partial charge in [0.2, 0.25) is 5.91 Å². The van der Waals surface area contributed by atoms with Gasteiger partial charge in [0, 0.05) is 37.6 Å². The number of nitrogens with zero attached hydrogens (tertiary/aromatic N) is 3. The predicted molar refractivity (Wildman–Crippen MR) is 120 cm³/mol. The molecule has 0 aliphatic carbocycles. The molecule has 3 heterocycles. The fraction of sp³-hybridized carbons (Fsp3) is 0.292. The van der Waals surface area contributed by atoms with Crippen LogP contribution in [0.1, 0.15) is 35.4 Å². The number of nitrogens with one attached hydrogen (secondary N) is 1. The standard InChI is InChI=1S/C24H26FN5O/c25-19-7-3-5-17(15-19)10-12-28-24-20(8-9-21(29-24)30-13-1-2-14-30)22(23(26)31)18-6-4-11-27-16-18/h3-9,11,15-16,22H,1-2,10,12-14H2,(H2,26,31)(H,28,29). The molecule has 1 atom stereocenters. The molecular formula is C24H26FN5O. The summed E-state index contributed by atoms with van der Waals surface area (Å²) in [7, 11) is 0. The fourth-order valence-electron chi connectivity index (χ4n) is 4.02. The Kier molecular flexibility index (Phi) is 6.40. The number of hydrogen-bond acceptors (Lipinski definition) is 5. The maximum atomic E-state index is 13.5. The number of anilines is 2. The van der Waals surface area contributed by atoms with Crippen molar-refractivity contribution in [3.05, 3.63) is 83.4 Å². The second kappa shape index (κ2) is 9.55. The first-order valence-corrected chi connectivity index (χ1v) is 10.6. The molecule has 0 saturated carbocycles. The maximum absolute atomic E-state index is 13.5. The third kappa shape index (κ3) is 4.99. The SMILES string of the molecule is NC(=O)C(c1cccnc1)c1ccc(N2CCCC2)nc1NCCc1cccc(F)c1. The Bertz CT molecular complexity index is 1040. The van der Waals surface area contributed by atoms with E-state index in [2.05, 4.69) is 15.2 Å². The summed E-state index contributed by atoms with van der Waals surface area (Å²) in [6.07, 6.45) is 6.23. The van der Waals surface area contributed by atoms with Gasteiger partial charge in [-0.2, -0.15) is 0 Å². The Morgan fingerprint density at radius 2 is 2.00 bits per heavy atom. The fourth-order valence-corrected chi connectivity index (χ4v) is 4.02. The maximum Gasteiger partial charge on any atom is 0.229 e. The number of aromatic nitrogens is 2. The van der Waals surface area contributed by atoms with E-state index in [9.17, 15) is 9.18 Å².